The zero-order chi connectivity index (χ0) is 16.1. The third kappa shape index (κ3) is 3.50. The summed E-state index contributed by atoms with van der Waals surface area (Å²) in [5.74, 6) is -0.830. The molecule has 1 aromatic carbocycles. The van der Waals surface area contributed by atoms with Crippen LogP contribution in [0.2, 0.25) is 0 Å². The highest BCUT2D eigenvalue weighted by atomic mass is 19.1. The minimum Gasteiger partial charge on any atom is -0.356 e. The van der Waals surface area contributed by atoms with Crippen molar-refractivity contribution in [1.29, 1.82) is 0 Å². The molecule has 2 rings (SSSR count). The van der Waals surface area contributed by atoms with Crippen molar-refractivity contribution in [3.8, 4) is 0 Å². The SMILES string of the molecule is CCCCCCCc1[nH]c2ccc([N+](=O)[O-])cc2c(=O)c1F. The van der Waals surface area contributed by atoms with Gasteiger partial charge in [-0.2, -0.15) is 0 Å². The molecule has 5 nitrogen and oxygen atoms in total. The number of aromatic nitrogens is 1. The van der Waals surface area contributed by atoms with E-state index in [4.69, 9.17) is 0 Å². The van der Waals surface area contributed by atoms with Crippen LogP contribution in [0.15, 0.2) is 23.0 Å². The molecule has 0 unspecified atom stereocenters. The average Bonchev–Trinajstić information content (AvgIpc) is 2.51. The van der Waals surface area contributed by atoms with Gasteiger partial charge in [-0.25, -0.2) is 4.39 Å². The van der Waals surface area contributed by atoms with Crippen molar-refractivity contribution in [2.24, 2.45) is 0 Å². The molecule has 1 heterocycles. The number of aromatic amines is 1. The fourth-order valence-electron chi connectivity index (χ4n) is 2.49. The Kier molecular flexibility index (Phi) is 5.25. The van der Waals surface area contributed by atoms with E-state index in [1.54, 1.807) is 0 Å². The molecule has 0 radical (unpaired) electrons. The van der Waals surface area contributed by atoms with Crippen LogP contribution in [0.4, 0.5) is 10.1 Å². The zero-order valence-corrected chi connectivity index (χ0v) is 12.5. The van der Waals surface area contributed by atoms with Gasteiger partial charge in [0.15, 0.2) is 5.82 Å². The predicted octanol–water partition coefficient (Wildman–Crippen LogP) is 4.09. The van der Waals surface area contributed by atoms with Crippen LogP contribution in [0.5, 0.6) is 0 Å². The van der Waals surface area contributed by atoms with Crippen LogP contribution in [0, 0.1) is 15.9 Å². The molecule has 0 spiro atoms. The molecule has 0 aliphatic rings. The van der Waals surface area contributed by atoms with Gasteiger partial charge in [-0.1, -0.05) is 32.6 Å². The van der Waals surface area contributed by atoms with Crippen LogP contribution in [0.3, 0.4) is 0 Å². The maximum absolute atomic E-state index is 14.1. The summed E-state index contributed by atoms with van der Waals surface area (Å²) in [6.07, 6.45) is 5.67. The molecular formula is C16H19FN2O3. The Morgan fingerprint density at radius 1 is 1.23 bits per heavy atom. The van der Waals surface area contributed by atoms with E-state index < -0.39 is 16.2 Å². The number of aryl methyl sites for hydroxylation is 1. The highest BCUT2D eigenvalue weighted by Gasteiger charge is 2.14. The highest BCUT2D eigenvalue weighted by Crippen LogP contribution is 2.19. The fourth-order valence-corrected chi connectivity index (χ4v) is 2.49. The first-order valence-corrected chi connectivity index (χ1v) is 7.53. The van der Waals surface area contributed by atoms with E-state index >= 15 is 0 Å². The number of halogens is 1. The molecule has 0 saturated carbocycles. The number of nitrogens with one attached hydrogen (secondary N) is 1. The summed E-state index contributed by atoms with van der Waals surface area (Å²) >= 11 is 0. The Labute approximate surface area is 127 Å². The number of hydrogen-bond donors (Lipinski definition) is 1. The van der Waals surface area contributed by atoms with Crippen molar-refractivity contribution in [3.63, 3.8) is 0 Å². The largest absolute Gasteiger partial charge is 0.356 e. The smallest absolute Gasteiger partial charge is 0.270 e. The lowest BCUT2D eigenvalue weighted by Crippen LogP contribution is -2.13. The van der Waals surface area contributed by atoms with Crippen molar-refractivity contribution in [2.45, 2.75) is 45.4 Å². The van der Waals surface area contributed by atoms with Gasteiger partial charge in [0.1, 0.15) is 0 Å². The second kappa shape index (κ2) is 7.15. The maximum Gasteiger partial charge on any atom is 0.270 e. The number of rotatable bonds is 7. The lowest BCUT2D eigenvalue weighted by Gasteiger charge is -2.06. The molecule has 0 saturated heterocycles. The number of nitro groups is 1. The zero-order valence-electron chi connectivity index (χ0n) is 12.5. The van der Waals surface area contributed by atoms with Gasteiger partial charge >= 0.3 is 0 Å². The minimum atomic E-state index is -0.830. The van der Waals surface area contributed by atoms with Gasteiger partial charge in [0.25, 0.3) is 5.69 Å². The Balaban J connectivity index is 2.26. The fraction of sp³-hybridized carbons (Fsp3) is 0.438. The van der Waals surface area contributed by atoms with E-state index in [0.29, 0.717) is 11.9 Å². The van der Waals surface area contributed by atoms with E-state index in [2.05, 4.69) is 11.9 Å². The van der Waals surface area contributed by atoms with Gasteiger partial charge in [0, 0.05) is 12.1 Å². The standard InChI is InChI=1S/C16H19FN2O3/c1-2-3-4-5-6-7-14-15(17)16(20)12-10-11(19(21)22)8-9-13(12)18-14/h8-10H,2-7H2,1H3,(H,18,20). The number of hydrogen-bond acceptors (Lipinski definition) is 3. The molecule has 1 N–H and O–H groups in total. The van der Waals surface area contributed by atoms with Gasteiger partial charge in [-0.3, -0.25) is 14.9 Å². The molecule has 0 aliphatic carbocycles. The molecule has 2 aromatic rings. The average molecular weight is 306 g/mol. The van der Waals surface area contributed by atoms with Crippen molar-refractivity contribution < 1.29 is 9.31 Å². The number of pyridine rings is 1. The second-order valence-corrected chi connectivity index (χ2v) is 5.40. The van der Waals surface area contributed by atoms with Crippen molar-refractivity contribution in [2.75, 3.05) is 0 Å². The Hall–Kier alpha value is -2.24. The van der Waals surface area contributed by atoms with E-state index in [9.17, 15) is 19.3 Å². The molecule has 0 fully saturated rings. The Morgan fingerprint density at radius 2 is 1.95 bits per heavy atom. The van der Waals surface area contributed by atoms with E-state index in [1.807, 2.05) is 0 Å². The number of non-ortho nitro benzene ring substituents is 1. The van der Waals surface area contributed by atoms with Gasteiger partial charge < -0.3 is 4.98 Å². The Bertz CT molecular complexity index is 740. The van der Waals surface area contributed by atoms with E-state index in [1.165, 1.54) is 12.1 Å². The number of fused-ring (bicyclic) bond motifs is 1. The quantitative estimate of drug-likeness (QED) is 0.475. The number of nitro benzene ring substituents is 1. The summed E-state index contributed by atoms with van der Waals surface area (Å²) in [5, 5.41) is 10.8. The van der Waals surface area contributed by atoms with Crippen LogP contribution < -0.4 is 5.43 Å². The van der Waals surface area contributed by atoms with Crippen molar-refractivity contribution in [3.05, 3.63) is 50.0 Å². The number of nitrogens with zero attached hydrogens (tertiary/aromatic N) is 1. The van der Waals surface area contributed by atoms with Gasteiger partial charge in [-0.05, 0) is 18.9 Å². The van der Waals surface area contributed by atoms with Gasteiger partial charge in [0.05, 0.1) is 21.5 Å². The molecule has 118 valence electrons. The van der Waals surface area contributed by atoms with E-state index in [-0.39, 0.29) is 16.8 Å². The number of unbranched alkanes of at least 4 members (excludes halogenated alkanes) is 4. The first kappa shape index (κ1) is 16.1. The van der Waals surface area contributed by atoms with Crippen molar-refractivity contribution >= 4 is 16.6 Å². The van der Waals surface area contributed by atoms with E-state index in [0.717, 1.165) is 38.2 Å². The van der Waals surface area contributed by atoms with Crippen LogP contribution in [-0.2, 0) is 6.42 Å². The molecule has 0 bridgehead atoms. The predicted molar refractivity (Wildman–Crippen MR) is 83.6 cm³/mol. The first-order valence-electron chi connectivity index (χ1n) is 7.53. The third-order valence-electron chi connectivity index (χ3n) is 3.74. The normalized spacial score (nSPS) is 11.0. The Morgan fingerprint density at radius 3 is 2.64 bits per heavy atom. The summed E-state index contributed by atoms with van der Waals surface area (Å²) in [6, 6.07) is 3.87. The summed E-state index contributed by atoms with van der Waals surface area (Å²) in [7, 11) is 0. The summed E-state index contributed by atoms with van der Waals surface area (Å²) in [4.78, 5) is 25.1. The highest BCUT2D eigenvalue weighted by molar-refractivity contribution is 5.81. The van der Waals surface area contributed by atoms with Crippen molar-refractivity contribution in [1.82, 2.24) is 4.98 Å². The maximum atomic E-state index is 14.1. The van der Waals surface area contributed by atoms with Crippen LogP contribution in [0.1, 0.15) is 44.7 Å². The number of H-pyrrole nitrogens is 1. The lowest BCUT2D eigenvalue weighted by atomic mass is 10.1. The molecule has 0 atom stereocenters. The molecule has 0 aliphatic heterocycles. The molecular weight excluding hydrogens is 287 g/mol. The van der Waals surface area contributed by atoms with Gasteiger partial charge in [-0.15, -0.1) is 0 Å². The minimum absolute atomic E-state index is 0.0152. The van der Waals surface area contributed by atoms with Gasteiger partial charge in [0.2, 0.25) is 5.43 Å². The molecule has 22 heavy (non-hydrogen) atoms. The molecule has 0 amide bonds. The first-order chi connectivity index (χ1) is 10.5. The number of benzene rings is 1. The lowest BCUT2D eigenvalue weighted by molar-refractivity contribution is -0.384. The molecule has 1 aromatic heterocycles. The molecule has 6 heteroatoms. The van der Waals surface area contributed by atoms with Crippen LogP contribution >= 0.6 is 0 Å². The summed E-state index contributed by atoms with van der Waals surface area (Å²) < 4.78 is 14.1. The van der Waals surface area contributed by atoms with Crippen LogP contribution in [-0.4, -0.2) is 9.91 Å². The summed E-state index contributed by atoms with van der Waals surface area (Å²) in [6.45, 7) is 2.12. The summed E-state index contributed by atoms with van der Waals surface area (Å²) in [5.41, 5.74) is -0.283. The monoisotopic (exact) mass is 306 g/mol. The van der Waals surface area contributed by atoms with Crippen LogP contribution in [0.25, 0.3) is 10.9 Å². The topological polar surface area (TPSA) is 76.0 Å². The second-order valence-electron chi connectivity index (χ2n) is 5.40. The third-order valence-corrected chi connectivity index (χ3v) is 3.74.